The predicted octanol–water partition coefficient (Wildman–Crippen LogP) is 0.880. The molecule has 1 fully saturated rings. The number of ether oxygens (including phenoxy) is 2. The minimum absolute atomic E-state index is 0.337. The third-order valence-corrected chi connectivity index (χ3v) is 4.28. The number of anilines is 1. The highest BCUT2D eigenvalue weighted by Crippen LogP contribution is 2.44. The number of carbonyl (C=O) groups excluding carboxylic acids is 1. The lowest BCUT2D eigenvalue weighted by atomic mass is 9.73. The zero-order valence-electron chi connectivity index (χ0n) is 13.4. The number of aliphatic hydroxyl groups excluding tert-OH is 2. The Morgan fingerprint density at radius 2 is 2.04 bits per heavy atom. The Hall–Kier alpha value is -2.11. The molecule has 3 atom stereocenters. The predicted molar refractivity (Wildman–Crippen MR) is 85.4 cm³/mol. The lowest BCUT2D eigenvalue weighted by molar-refractivity contribution is -0.160. The van der Waals surface area contributed by atoms with Crippen molar-refractivity contribution in [3.63, 3.8) is 0 Å². The Labute approximate surface area is 135 Å². The van der Waals surface area contributed by atoms with Crippen molar-refractivity contribution < 1.29 is 24.5 Å². The summed E-state index contributed by atoms with van der Waals surface area (Å²) in [5.74, 6) is 0.317. The number of carbonyl (C=O) groups is 1. The number of hydrogen-bond donors (Lipinski definition) is 2. The zero-order valence-corrected chi connectivity index (χ0v) is 13.4. The first kappa shape index (κ1) is 17.2. The quantitative estimate of drug-likeness (QED) is 0.601. The van der Waals surface area contributed by atoms with E-state index in [-0.39, 0.29) is 5.91 Å². The van der Waals surface area contributed by atoms with Crippen LogP contribution in [0.1, 0.15) is 6.92 Å². The van der Waals surface area contributed by atoms with Crippen molar-refractivity contribution in [1.82, 2.24) is 0 Å². The minimum atomic E-state index is -1.37. The number of β-lactam (4-membered cyclic amide) rings is 1. The van der Waals surface area contributed by atoms with Gasteiger partial charge in [0.05, 0.1) is 13.7 Å². The normalized spacial score (nSPS) is 24.7. The molecule has 124 valence electrons. The third kappa shape index (κ3) is 2.46. The first-order valence-corrected chi connectivity index (χ1v) is 7.16. The molecule has 0 aromatic heterocycles. The first-order chi connectivity index (χ1) is 11.0. The van der Waals surface area contributed by atoms with Crippen LogP contribution in [0.15, 0.2) is 42.1 Å². The molecule has 1 saturated heterocycles. The van der Waals surface area contributed by atoms with Gasteiger partial charge in [0.15, 0.2) is 5.60 Å². The molecule has 0 bridgehead atoms. The lowest BCUT2D eigenvalue weighted by Crippen LogP contribution is -2.79. The third-order valence-electron chi connectivity index (χ3n) is 4.28. The molecule has 6 heteroatoms. The fraction of sp³-hybridized carbons (Fsp3) is 0.412. The van der Waals surface area contributed by atoms with E-state index in [4.69, 9.17) is 9.47 Å². The maximum absolute atomic E-state index is 12.8. The Balaban J connectivity index is 2.48. The number of hydrogen-bond acceptors (Lipinski definition) is 5. The number of amides is 1. The van der Waals surface area contributed by atoms with E-state index in [1.54, 1.807) is 38.3 Å². The summed E-state index contributed by atoms with van der Waals surface area (Å²) in [6.45, 7) is 4.72. The highest BCUT2D eigenvalue weighted by atomic mass is 16.5. The van der Waals surface area contributed by atoms with E-state index in [0.29, 0.717) is 17.0 Å². The van der Waals surface area contributed by atoms with Crippen LogP contribution in [0.2, 0.25) is 0 Å². The number of nitrogens with zero attached hydrogens (tertiary/aromatic N) is 1. The molecule has 23 heavy (non-hydrogen) atoms. The Morgan fingerprint density at radius 3 is 2.48 bits per heavy atom. The Bertz CT molecular complexity index is 635. The highest BCUT2D eigenvalue weighted by Gasteiger charge is 2.65. The second-order valence-electron chi connectivity index (χ2n) is 5.31. The molecule has 1 aliphatic heterocycles. The molecule has 0 aliphatic carbocycles. The van der Waals surface area contributed by atoms with Crippen molar-refractivity contribution in [3.05, 3.63) is 42.1 Å². The van der Waals surface area contributed by atoms with E-state index in [1.807, 2.05) is 0 Å². The van der Waals surface area contributed by atoms with Gasteiger partial charge in [0.2, 0.25) is 0 Å². The molecule has 6 nitrogen and oxygen atoms in total. The van der Waals surface area contributed by atoms with Crippen LogP contribution >= 0.6 is 0 Å². The summed E-state index contributed by atoms with van der Waals surface area (Å²) in [7, 11) is 2.94. The van der Waals surface area contributed by atoms with E-state index < -0.39 is 24.4 Å². The van der Waals surface area contributed by atoms with Crippen molar-refractivity contribution in [1.29, 1.82) is 0 Å². The van der Waals surface area contributed by atoms with Crippen LogP contribution < -0.4 is 9.64 Å². The van der Waals surface area contributed by atoms with Crippen LogP contribution in [0.25, 0.3) is 0 Å². The van der Waals surface area contributed by atoms with E-state index in [9.17, 15) is 15.0 Å². The number of rotatable bonds is 6. The summed E-state index contributed by atoms with van der Waals surface area (Å²) in [5.41, 5.74) is 2.34. The minimum Gasteiger partial charge on any atom is -0.497 e. The van der Waals surface area contributed by atoms with Crippen LogP contribution in [0.4, 0.5) is 5.69 Å². The number of aliphatic hydroxyl groups is 2. The van der Waals surface area contributed by atoms with Gasteiger partial charge in [-0.3, -0.25) is 9.69 Å². The lowest BCUT2D eigenvalue weighted by Gasteiger charge is -2.56. The summed E-state index contributed by atoms with van der Waals surface area (Å²) in [5, 5.41) is 19.6. The van der Waals surface area contributed by atoms with Gasteiger partial charge in [-0.2, -0.15) is 0 Å². The van der Waals surface area contributed by atoms with Gasteiger partial charge in [0.25, 0.3) is 5.91 Å². The van der Waals surface area contributed by atoms with Crippen molar-refractivity contribution in [2.75, 3.05) is 25.7 Å². The zero-order chi connectivity index (χ0) is 17.2. The second-order valence-corrected chi connectivity index (χ2v) is 5.31. The van der Waals surface area contributed by atoms with Crippen molar-refractivity contribution >= 4 is 11.6 Å². The Kier molecular flexibility index (Phi) is 4.92. The Morgan fingerprint density at radius 1 is 1.43 bits per heavy atom. The van der Waals surface area contributed by atoms with E-state index in [1.165, 1.54) is 12.0 Å². The summed E-state index contributed by atoms with van der Waals surface area (Å²) in [4.78, 5) is 14.2. The molecule has 1 aliphatic rings. The van der Waals surface area contributed by atoms with Crippen LogP contribution in [0, 0.1) is 0 Å². The maximum atomic E-state index is 12.8. The van der Waals surface area contributed by atoms with Crippen molar-refractivity contribution in [2.24, 2.45) is 0 Å². The van der Waals surface area contributed by atoms with Crippen molar-refractivity contribution in [3.8, 4) is 5.75 Å². The van der Waals surface area contributed by atoms with Gasteiger partial charge < -0.3 is 19.7 Å². The fourth-order valence-electron chi connectivity index (χ4n) is 2.99. The average Bonchev–Trinajstić information content (AvgIpc) is 2.59. The van der Waals surface area contributed by atoms with Crippen LogP contribution in [-0.2, 0) is 9.53 Å². The summed E-state index contributed by atoms with van der Waals surface area (Å²) in [6.07, 6.45) is -1.17. The molecule has 1 heterocycles. The average molecular weight is 319 g/mol. The summed E-state index contributed by atoms with van der Waals surface area (Å²) < 4.78 is 10.5. The second kappa shape index (κ2) is 6.56. The smallest absolute Gasteiger partial charge is 0.266 e. The maximum Gasteiger partial charge on any atom is 0.266 e. The highest BCUT2D eigenvalue weighted by molar-refractivity contribution is 6.10. The monoisotopic (exact) mass is 319 g/mol. The van der Waals surface area contributed by atoms with Crippen molar-refractivity contribution in [2.45, 2.75) is 24.7 Å². The summed E-state index contributed by atoms with van der Waals surface area (Å²) >= 11 is 0. The topological polar surface area (TPSA) is 79.2 Å². The van der Waals surface area contributed by atoms with E-state index in [2.05, 4.69) is 12.3 Å². The van der Waals surface area contributed by atoms with Gasteiger partial charge in [-0.15, -0.1) is 5.73 Å². The molecule has 2 rings (SSSR count). The van der Waals surface area contributed by atoms with Crippen LogP contribution in [0.5, 0.6) is 5.75 Å². The molecule has 0 saturated carbocycles. The van der Waals surface area contributed by atoms with Gasteiger partial charge in [0.1, 0.15) is 17.9 Å². The molecule has 2 N–H and O–H groups in total. The van der Waals surface area contributed by atoms with Gasteiger partial charge >= 0.3 is 0 Å². The first-order valence-electron chi connectivity index (χ1n) is 7.16. The standard InChI is InChI=1S/C17H21NO5/c1-5-11(2)17(23-4)15(14(20)10-19)18(16(17)21)12-6-8-13(22-3)9-7-12/h6-9,14-15,19-20H,1,10H2,2-4H3/t14-,15+,17-/m1/s1. The number of methoxy groups -OCH3 is 2. The van der Waals surface area contributed by atoms with Crippen LogP contribution in [-0.4, -0.2) is 54.7 Å². The molecule has 1 aromatic rings. The van der Waals surface area contributed by atoms with Gasteiger partial charge in [0, 0.05) is 18.4 Å². The molecule has 0 unspecified atom stereocenters. The summed E-state index contributed by atoms with van der Waals surface area (Å²) in [6, 6.07) is 6.08. The molecular formula is C17H21NO5. The van der Waals surface area contributed by atoms with Gasteiger partial charge in [-0.25, -0.2) is 0 Å². The number of benzene rings is 1. The van der Waals surface area contributed by atoms with E-state index >= 15 is 0 Å². The fourth-order valence-corrected chi connectivity index (χ4v) is 2.99. The molecule has 1 aromatic carbocycles. The molecule has 0 radical (unpaired) electrons. The molecular weight excluding hydrogens is 298 g/mol. The van der Waals surface area contributed by atoms with Crippen LogP contribution in [0.3, 0.4) is 0 Å². The molecule has 0 spiro atoms. The van der Waals surface area contributed by atoms with Gasteiger partial charge in [-0.1, -0.05) is 6.58 Å². The molecule has 1 amide bonds. The van der Waals surface area contributed by atoms with Gasteiger partial charge in [-0.05, 0) is 31.2 Å². The largest absolute Gasteiger partial charge is 0.497 e. The van der Waals surface area contributed by atoms with E-state index in [0.717, 1.165) is 0 Å². The SMILES string of the molecule is C=C=C(C)[C@]1(OC)C(=O)N(c2ccc(OC)cc2)[C@H]1[C@H](O)CO.